The Bertz CT molecular complexity index is 782. The van der Waals surface area contributed by atoms with E-state index in [1.54, 1.807) is 12.3 Å². The number of aromatic nitrogens is 3. The van der Waals surface area contributed by atoms with E-state index in [-0.39, 0.29) is 0 Å². The Kier molecular flexibility index (Phi) is 2.95. The van der Waals surface area contributed by atoms with Crippen LogP contribution in [0.4, 0.5) is 5.95 Å². The van der Waals surface area contributed by atoms with E-state index >= 15 is 0 Å². The van der Waals surface area contributed by atoms with E-state index in [0.29, 0.717) is 22.1 Å². The molecule has 96 valence electrons. The van der Waals surface area contributed by atoms with Gasteiger partial charge in [0.1, 0.15) is 5.52 Å². The molecular weight excluding hydrogens is 328 g/mol. The first-order valence-electron chi connectivity index (χ1n) is 5.62. The largest absolute Gasteiger partial charge is 0.369 e. The lowest BCUT2D eigenvalue weighted by molar-refractivity contribution is 1.06. The van der Waals surface area contributed by atoms with Crippen LogP contribution in [0.2, 0.25) is 5.02 Å². The Morgan fingerprint density at radius 1 is 1.32 bits per heavy atom. The fourth-order valence-corrected chi connectivity index (χ4v) is 2.52. The van der Waals surface area contributed by atoms with E-state index in [1.807, 2.05) is 29.7 Å². The van der Waals surface area contributed by atoms with E-state index in [0.717, 1.165) is 15.7 Å². The Morgan fingerprint density at radius 2 is 2.11 bits per heavy atom. The van der Waals surface area contributed by atoms with Gasteiger partial charge in [-0.25, -0.2) is 9.97 Å². The van der Waals surface area contributed by atoms with Crippen LogP contribution in [0.25, 0.3) is 16.9 Å². The van der Waals surface area contributed by atoms with Crippen molar-refractivity contribution in [2.45, 2.75) is 6.92 Å². The van der Waals surface area contributed by atoms with Gasteiger partial charge >= 0.3 is 0 Å². The predicted molar refractivity (Wildman–Crippen MR) is 80.7 cm³/mol. The van der Waals surface area contributed by atoms with Crippen LogP contribution in [0.15, 0.2) is 34.9 Å². The number of pyridine rings is 1. The maximum absolute atomic E-state index is 6.01. The number of benzene rings is 1. The molecular formula is C13H10BrClN4. The summed E-state index contributed by atoms with van der Waals surface area (Å²) in [7, 11) is 0. The standard InChI is InChI=1S/C13H10BrClN4/c1-7-2-3-8(14)4-11(7)19-12-10(18-13(19)16)5-9(15)6-17-12/h2-6H,1H3,(H2,16,18). The van der Waals surface area contributed by atoms with Crippen LogP contribution in [-0.4, -0.2) is 14.5 Å². The molecule has 0 aliphatic rings. The van der Waals surface area contributed by atoms with Crippen molar-refractivity contribution in [3.63, 3.8) is 0 Å². The van der Waals surface area contributed by atoms with E-state index in [1.165, 1.54) is 0 Å². The van der Waals surface area contributed by atoms with E-state index in [2.05, 4.69) is 25.9 Å². The van der Waals surface area contributed by atoms with Gasteiger partial charge in [-0.05, 0) is 30.7 Å². The molecule has 6 heteroatoms. The molecule has 0 saturated carbocycles. The summed E-state index contributed by atoms with van der Waals surface area (Å²) in [6.45, 7) is 2.02. The first kappa shape index (κ1) is 12.4. The molecule has 0 fully saturated rings. The quantitative estimate of drug-likeness (QED) is 0.736. The average Bonchev–Trinajstić information content (AvgIpc) is 2.67. The molecule has 1 aromatic carbocycles. The SMILES string of the molecule is Cc1ccc(Br)cc1-n1c(N)nc2cc(Cl)cnc21. The highest BCUT2D eigenvalue weighted by Gasteiger charge is 2.13. The minimum atomic E-state index is 0.394. The van der Waals surface area contributed by atoms with Crippen LogP contribution in [-0.2, 0) is 0 Å². The minimum absolute atomic E-state index is 0.394. The second kappa shape index (κ2) is 4.51. The van der Waals surface area contributed by atoms with Crippen molar-refractivity contribution in [3.05, 3.63) is 45.5 Å². The van der Waals surface area contributed by atoms with Gasteiger partial charge in [-0.3, -0.25) is 4.57 Å². The minimum Gasteiger partial charge on any atom is -0.369 e. The van der Waals surface area contributed by atoms with Gasteiger partial charge in [-0.1, -0.05) is 33.6 Å². The maximum atomic E-state index is 6.01. The zero-order valence-electron chi connectivity index (χ0n) is 10.1. The molecule has 0 bridgehead atoms. The Labute approximate surface area is 123 Å². The van der Waals surface area contributed by atoms with Crippen molar-refractivity contribution in [1.29, 1.82) is 0 Å². The summed E-state index contributed by atoms with van der Waals surface area (Å²) in [5.41, 5.74) is 9.43. The van der Waals surface area contributed by atoms with Crippen LogP contribution in [0.3, 0.4) is 0 Å². The van der Waals surface area contributed by atoms with Crippen LogP contribution in [0, 0.1) is 6.92 Å². The molecule has 2 N–H and O–H groups in total. The zero-order chi connectivity index (χ0) is 13.6. The summed E-state index contributed by atoms with van der Waals surface area (Å²) in [5.74, 6) is 0.394. The molecule has 0 aliphatic carbocycles. The lowest BCUT2D eigenvalue weighted by Gasteiger charge is -2.09. The fraction of sp³-hybridized carbons (Fsp3) is 0.0769. The molecule has 0 saturated heterocycles. The van der Waals surface area contributed by atoms with Gasteiger partial charge in [0.2, 0.25) is 5.95 Å². The topological polar surface area (TPSA) is 56.7 Å². The third kappa shape index (κ3) is 2.09. The molecule has 3 aromatic rings. The van der Waals surface area contributed by atoms with E-state index in [9.17, 15) is 0 Å². The highest BCUT2D eigenvalue weighted by molar-refractivity contribution is 9.10. The number of nitrogens with zero attached hydrogens (tertiary/aromatic N) is 3. The first-order chi connectivity index (χ1) is 9.06. The summed E-state index contributed by atoms with van der Waals surface area (Å²) < 4.78 is 2.80. The lowest BCUT2D eigenvalue weighted by Crippen LogP contribution is -2.03. The molecule has 0 amide bonds. The van der Waals surface area contributed by atoms with Gasteiger partial charge in [0, 0.05) is 10.7 Å². The van der Waals surface area contributed by atoms with Gasteiger partial charge in [-0.2, -0.15) is 0 Å². The number of hydrogen-bond acceptors (Lipinski definition) is 3. The number of nitrogen functional groups attached to an aromatic ring is 1. The number of rotatable bonds is 1. The molecule has 0 spiro atoms. The number of halogens is 2. The molecule has 0 unspecified atom stereocenters. The molecule has 4 nitrogen and oxygen atoms in total. The lowest BCUT2D eigenvalue weighted by atomic mass is 10.2. The van der Waals surface area contributed by atoms with E-state index in [4.69, 9.17) is 17.3 Å². The smallest absolute Gasteiger partial charge is 0.207 e. The number of fused-ring (bicyclic) bond motifs is 1. The third-order valence-electron chi connectivity index (χ3n) is 2.90. The summed E-state index contributed by atoms with van der Waals surface area (Å²) in [6, 6.07) is 7.74. The van der Waals surface area contributed by atoms with Gasteiger partial charge in [0.05, 0.1) is 10.7 Å². The van der Waals surface area contributed by atoms with Gasteiger partial charge in [0.15, 0.2) is 5.65 Å². The third-order valence-corrected chi connectivity index (χ3v) is 3.60. The van der Waals surface area contributed by atoms with Gasteiger partial charge in [0.25, 0.3) is 0 Å². The highest BCUT2D eigenvalue weighted by Crippen LogP contribution is 2.27. The number of aryl methyl sites for hydroxylation is 1. The van der Waals surface area contributed by atoms with Crippen molar-refractivity contribution in [2.75, 3.05) is 5.73 Å². The first-order valence-corrected chi connectivity index (χ1v) is 6.79. The number of hydrogen-bond donors (Lipinski definition) is 1. The van der Waals surface area contributed by atoms with Crippen molar-refractivity contribution < 1.29 is 0 Å². The highest BCUT2D eigenvalue weighted by atomic mass is 79.9. The summed E-state index contributed by atoms with van der Waals surface area (Å²) in [6.07, 6.45) is 1.59. The molecule has 3 rings (SSSR count). The fourth-order valence-electron chi connectivity index (χ4n) is 2.02. The average molecular weight is 338 g/mol. The predicted octanol–water partition coefficient (Wildman–Crippen LogP) is 3.73. The van der Waals surface area contributed by atoms with Crippen LogP contribution >= 0.6 is 27.5 Å². The summed E-state index contributed by atoms with van der Waals surface area (Å²) >= 11 is 9.39. The van der Waals surface area contributed by atoms with Gasteiger partial charge in [-0.15, -0.1) is 0 Å². The van der Waals surface area contributed by atoms with Crippen molar-refractivity contribution in [2.24, 2.45) is 0 Å². The monoisotopic (exact) mass is 336 g/mol. The Hall–Kier alpha value is -1.59. The van der Waals surface area contributed by atoms with Crippen LogP contribution in [0.1, 0.15) is 5.56 Å². The van der Waals surface area contributed by atoms with Crippen LogP contribution < -0.4 is 5.73 Å². The summed E-state index contributed by atoms with van der Waals surface area (Å²) in [5, 5.41) is 0.545. The second-order valence-electron chi connectivity index (χ2n) is 4.23. The summed E-state index contributed by atoms with van der Waals surface area (Å²) in [4.78, 5) is 8.62. The molecule has 19 heavy (non-hydrogen) atoms. The Morgan fingerprint density at radius 3 is 2.89 bits per heavy atom. The number of anilines is 1. The van der Waals surface area contributed by atoms with Crippen LogP contribution in [0.5, 0.6) is 0 Å². The van der Waals surface area contributed by atoms with Crippen molar-refractivity contribution in [1.82, 2.24) is 14.5 Å². The molecule has 0 aliphatic heterocycles. The maximum Gasteiger partial charge on any atom is 0.207 e. The second-order valence-corrected chi connectivity index (χ2v) is 5.58. The molecule has 2 aromatic heterocycles. The molecule has 0 radical (unpaired) electrons. The van der Waals surface area contributed by atoms with Crippen molar-refractivity contribution >= 4 is 44.6 Å². The number of nitrogens with two attached hydrogens (primary N) is 1. The van der Waals surface area contributed by atoms with Gasteiger partial charge < -0.3 is 5.73 Å². The zero-order valence-corrected chi connectivity index (χ0v) is 12.4. The number of imidazole rings is 1. The van der Waals surface area contributed by atoms with Crippen molar-refractivity contribution in [3.8, 4) is 5.69 Å². The Balaban J connectivity index is 2.36. The molecule has 0 atom stereocenters. The molecule has 2 heterocycles. The van der Waals surface area contributed by atoms with E-state index < -0.39 is 0 Å². The normalized spacial score (nSPS) is 11.1.